The van der Waals surface area contributed by atoms with Gasteiger partial charge in [0.2, 0.25) is 5.91 Å². The van der Waals surface area contributed by atoms with Gasteiger partial charge in [-0.1, -0.05) is 18.2 Å². The molecule has 1 saturated heterocycles. The van der Waals surface area contributed by atoms with Crippen molar-refractivity contribution in [2.24, 2.45) is 0 Å². The van der Waals surface area contributed by atoms with Gasteiger partial charge in [0, 0.05) is 24.2 Å². The Kier molecular flexibility index (Phi) is 7.20. The summed E-state index contributed by atoms with van der Waals surface area (Å²) in [6.07, 6.45) is -11.0. The lowest BCUT2D eigenvalue weighted by atomic mass is 9.84. The molecule has 2 atom stereocenters. The summed E-state index contributed by atoms with van der Waals surface area (Å²) < 4.78 is 137. The molecule has 1 heterocycles. The molecular weight excluding hydrogens is 584 g/mol. The van der Waals surface area contributed by atoms with Gasteiger partial charge in [-0.2, -0.15) is 26.3 Å². The molecule has 2 fully saturated rings. The molecule has 0 radical (unpaired) electrons. The maximum absolute atomic E-state index is 15.0. The third kappa shape index (κ3) is 4.80. The van der Waals surface area contributed by atoms with Gasteiger partial charge in [-0.05, 0) is 73.9 Å². The Hall–Kier alpha value is -2.74. The molecule has 224 valence electrons. The molecule has 2 aromatic carbocycles. The number of amides is 1. The van der Waals surface area contributed by atoms with Crippen LogP contribution < -0.4 is 5.32 Å². The predicted molar refractivity (Wildman–Crippen MR) is 131 cm³/mol. The summed E-state index contributed by atoms with van der Waals surface area (Å²) in [6, 6.07) is 4.73. The molecule has 0 aromatic heterocycles. The van der Waals surface area contributed by atoms with E-state index in [1.165, 1.54) is 0 Å². The number of benzene rings is 2. The zero-order chi connectivity index (χ0) is 30.0. The number of nitrogens with one attached hydrogen (secondary N) is 1. The number of rotatable bonds is 6. The van der Waals surface area contributed by atoms with E-state index in [0.29, 0.717) is 12.1 Å². The molecule has 1 N–H and O–H groups in total. The van der Waals surface area contributed by atoms with Crippen LogP contribution in [0.4, 0.5) is 35.1 Å². The lowest BCUT2D eigenvalue weighted by Gasteiger charge is -2.38. The van der Waals surface area contributed by atoms with Gasteiger partial charge in [0.15, 0.2) is 9.84 Å². The first-order chi connectivity index (χ1) is 19.0. The van der Waals surface area contributed by atoms with Crippen LogP contribution in [0.2, 0.25) is 0 Å². The first-order valence-electron chi connectivity index (χ1n) is 13.0. The van der Waals surface area contributed by atoms with Crippen molar-refractivity contribution in [2.75, 3.05) is 13.1 Å². The second-order valence-electron chi connectivity index (χ2n) is 10.8. The van der Waals surface area contributed by atoms with Gasteiger partial charge in [0.25, 0.3) is 0 Å². The van der Waals surface area contributed by atoms with Crippen molar-refractivity contribution >= 4 is 15.7 Å². The van der Waals surface area contributed by atoms with Crippen molar-refractivity contribution in [2.45, 2.75) is 78.3 Å². The minimum atomic E-state index is -6.33. The van der Waals surface area contributed by atoms with E-state index < -0.39 is 50.0 Å². The van der Waals surface area contributed by atoms with Crippen molar-refractivity contribution < 1.29 is 48.3 Å². The van der Waals surface area contributed by atoms with Crippen LogP contribution in [0.1, 0.15) is 48.8 Å². The second-order valence-corrected chi connectivity index (χ2v) is 13.0. The van der Waals surface area contributed by atoms with Crippen molar-refractivity contribution in [3.05, 3.63) is 65.0 Å². The number of nitrogens with zero attached hydrogens (tertiary/aromatic N) is 1. The van der Waals surface area contributed by atoms with Gasteiger partial charge in [0.05, 0.1) is 11.4 Å². The van der Waals surface area contributed by atoms with E-state index in [0.717, 1.165) is 43.2 Å². The lowest BCUT2D eigenvalue weighted by molar-refractivity contribution is -0.348. The maximum atomic E-state index is 15.0. The molecule has 0 bridgehead atoms. The fourth-order valence-corrected chi connectivity index (χ4v) is 8.60. The molecular formula is C27H26F8N2O3S. The Labute approximate surface area is 230 Å². The molecule has 0 spiro atoms. The predicted octanol–water partition coefficient (Wildman–Crippen LogP) is 5.47. The molecule has 14 heteroatoms. The van der Waals surface area contributed by atoms with Crippen molar-refractivity contribution in [3.63, 3.8) is 0 Å². The van der Waals surface area contributed by atoms with Crippen LogP contribution in [0.3, 0.4) is 0 Å². The summed E-state index contributed by atoms with van der Waals surface area (Å²) in [7, 11) is -4.48. The van der Waals surface area contributed by atoms with Crippen molar-refractivity contribution in [1.29, 1.82) is 0 Å². The highest BCUT2D eigenvalue weighted by molar-refractivity contribution is 7.92. The Morgan fingerprint density at radius 2 is 1.59 bits per heavy atom. The number of alkyl halides is 7. The Morgan fingerprint density at radius 3 is 2.17 bits per heavy atom. The van der Waals surface area contributed by atoms with Gasteiger partial charge in [-0.3, -0.25) is 9.69 Å². The Morgan fingerprint density at radius 1 is 0.951 bits per heavy atom. The van der Waals surface area contributed by atoms with E-state index in [4.69, 9.17) is 0 Å². The van der Waals surface area contributed by atoms with Crippen LogP contribution in [0.25, 0.3) is 0 Å². The number of hydrogen-bond donors (Lipinski definition) is 1. The molecule has 1 amide bonds. The van der Waals surface area contributed by atoms with E-state index in [-0.39, 0.29) is 66.7 Å². The highest BCUT2D eigenvalue weighted by atomic mass is 32.2. The van der Waals surface area contributed by atoms with Crippen molar-refractivity contribution in [1.82, 2.24) is 10.2 Å². The molecule has 5 rings (SSSR count). The highest BCUT2D eigenvalue weighted by Crippen LogP contribution is 2.56. The molecule has 0 unspecified atom stereocenters. The summed E-state index contributed by atoms with van der Waals surface area (Å²) >= 11 is 0. The second kappa shape index (κ2) is 9.92. The van der Waals surface area contributed by atoms with Crippen molar-refractivity contribution in [3.8, 4) is 0 Å². The molecule has 5 nitrogen and oxygen atoms in total. The largest absolute Gasteiger partial charge is 0.435 e. The van der Waals surface area contributed by atoms with Crippen LogP contribution in [0, 0.1) is 5.82 Å². The minimum absolute atomic E-state index is 0.0364. The summed E-state index contributed by atoms with van der Waals surface area (Å²) in [6.45, 7) is -0.0759. The number of hydrogen-bond acceptors (Lipinski definition) is 4. The molecule has 1 aliphatic heterocycles. The zero-order valence-corrected chi connectivity index (χ0v) is 22.3. The first-order valence-corrected chi connectivity index (χ1v) is 14.5. The van der Waals surface area contributed by atoms with Crippen LogP contribution >= 0.6 is 0 Å². The number of fused-ring (bicyclic) bond motifs is 3. The normalized spacial score (nSPS) is 24.0. The quantitative estimate of drug-likeness (QED) is 0.348. The molecule has 3 aliphatic rings. The number of carbonyl (C=O) groups excluding carboxylic acids is 1. The maximum Gasteiger partial charge on any atom is 0.435 e. The average molecular weight is 611 g/mol. The van der Waals surface area contributed by atoms with E-state index >= 15 is 0 Å². The Balaban J connectivity index is 1.67. The van der Waals surface area contributed by atoms with Gasteiger partial charge in [-0.15, -0.1) is 0 Å². The summed E-state index contributed by atoms with van der Waals surface area (Å²) in [5.41, 5.74) is -7.57. The van der Waals surface area contributed by atoms with E-state index in [1.807, 2.05) is 0 Å². The first kappa shape index (κ1) is 29.7. The number of aryl methyl sites for hydroxylation is 1. The standard InChI is InChI=1S/C27H26F8N2O3S/c28-18-5-9-20(10-6-18)41(39,40)24-12-13-37(15-23(38)36-19-7-8-19)22(24)3-1-2-16-14-17(4-11-21(16)24)25(29,26(30,31)32)27(33,34)35/h4-6,9-11,14,19,22H,1-3,7-8,12-13,15H2,(H,36,38)/t22-,24-/m0/s1. The van der Waals surface area contributed by atoms with Crippen LogP contribution in [-0.2, 0) is 31.5 Å². The minimum Gasteiger partial charge on any atom is -0.352 e. The fraction of sp³-hybridized carbons (Fsp3) is 0.519. The molecule has 1 saturated carbocycles. The highest BCUT2D eigenvalue weighted by Gasteiger charge is 2.73. The SMILES string of the molecule is O=C(CN1CC[C@]2(S(=O)(=O)c3ccc(F)cc3)c3ccc(C(F)(C(F)(F)F)C(F)(F)F)cc3CCC[C@H]12)NC1CC1. The van der Waals surface area contributed by atoms with Crippen LogP contribution in [0.15, 0.2) is 47.4 Å². The van der Waals surface area contributed by atoms with Gasteiger partial charge < -0.3 is 5.32 Å². The number of halogens is 8. The molecule has 2 aliphatic carbocycles. The summed E-state index contributed by atoms with van der Waals surface area (Å²) in [4.78, 5) is 14.0. The molecule has 2 aromatic rings. The number of likely N-dealkylation sites (tertiary alicyclic amines) is 1. The van der Waals surface area contributed by atoms with E-state index in [2.05, 4.69) is 5.32 Å². The molecule has 41 heavy (non-hydrogen) atoms. The smallest absolute Gasteiger partial charge is 0.352 e. The third-order valence-corrected chi connectivity index (χ3v) is 10.9. The fourth-order valence-electron chi connectivity index (χ4n) is 6.22. The van der Waals surface area contributed by atoms with Gasteiger partial charge in [-0.25, -0.2) is 17.2 Å². The van der Waals surface area contributed by atoms with Gasteiger partial charge >= 0.3 is 18.0 Å². The van der Waals surface area contributed by atoms with E-state index in [1.54, 1.807) is 4.90 Å². The lowest BCUT2D eigenvalue weighted by Crippen LogP contribution is -2.51. The number of sulfone groups is 1. The van der Waals surface area contributed by atoms with Crippen LogP contribution in [0.5, 0.6) is 0 Å². The Bertz CT molecular complexity index is 1420. The van der Waals surface area contributed by atoms with Gasteiger partial charge in [0.1, 0.15) is 10.6 Å². The monoisotopic (exact) mass is 610 g/mol. The summed E-state index contributed by atoms with van der Waals surface area (Å²) in [5, 5.41) is 2.83. The third-order valence-electron chi connectivity index (χ3n) is 8.31. The summed E-state index contributed by atoms with van der Waals surface area (Å²) in [5.74, 6) is -1.05. The topological polar surface area (TPSA) is 66.5 Å². The number of carbonyl (C=O) groups is 1. The zero-order valence-electron chi connectivity index (χ0n) is 21.5. The van der Waals surface area contributed by atoms with Crippen LogP contribution in [-0.4, -0.2) is 56.8 Å². The van der Waals surface area contributed by atoms with E-state index in [9.17, 15) is 48.3 Å². The average Bonchev–Trinajstić information content (AvgIpc) is 3.64.